The lowest BCUT2D eigenvalue weighted by molar-refractivity contribution is -0.142. The minimum absolute atomic E-state index is 0.260. The SMILES string of the molecule is C=C1CC(O)C2C(C=C(C)CCC1O)OC(=O)C2C. The molecule has 0 aromatic heterocycles. The average molecular weight is 266 g/mol. The maximum absolute atomic E-state index is 11.7. The van der Waals surface area contributed by atoms with Crippen molar-refractivity contribution in [3.05, 3.63) is 23.8 Å². The van der Waals surface area contributed by atoms with Crippen LogP contribution in [0.5, 0.6) is 0 Å². The van der Waals surface area contributed by atoms with Gasteiger partial charge in [0.1, 0.15) is 6.10 Å². The summed E-state index contributed by atoms with van der Waals surface area (Å²) >= 11 is 0. The molecule has 1 heterocycles. The number of ether oxygens (including phenoxy) is 1. The van der Waals surface area contributed by atoms with Gasteiger partial charge in [0.25, 0.3) is 0 Å². The summed E-state index contributed by atoms with van der Waals surface area (Å²) < 4.78 is 5.34. The predicted octanol–water partition coefficient (Wildman–Crippen LogP) is 1.57. The van der Waals surface area contributed by atoms with Crippen molar-refractivity contribution in [2.24, 2.45) is 11.8 Å². The minimum Gasteiger partial charge on any atom is -0.457 e. The Labute approximate surface area is 113 Å². The second kappa shape index (κ2) is 5.47. The number of hydrogen-bond acceptors (Lipinski definition) is 4. The summed E-state index contributed by atoms with van der Waals surface area (Å²) in [6.45, 7) is 7.59. The zero-order chi connectivity index (χ0) is 14.2. The average Bonchev–Trinajstić information content (AvgIpc) is 2.60. The lowest BCUT2D eigenvalue weighted by atomic mass is 9.81. The first-order valence-corrected chi connectivity index (χ1v) is 6.81. The van der Waals surface area contributed by atoms with Crippen LogP contribution in [0.25, 0.3) is 0 Å². The van der Waals surface area contributed by atoms with Crippen molar-refractivity contribution in [3.8, 4) is 0 Å². The van der Waals surface area contributed by atoms with Gasteiger partial charge in [-0.3, -0.25) is 4.79 Å². The van der Waals surface area contributed by atoms with Gasteiger partial charge in [0.2, 0.25) is 0 Å². The molecule has 2 aliphatic rings. The van der Waals surface area contributed by atoms with E-state index in [1.807, 2.05) is 13.0 Å². The van der Waals surface area contributed by atoms with Gasteiger partial charge in [-0.15, -0.1) is 0 Å². The van der Waals surface area contributed by atoms with Crippen LogP contribution in [0.2, 0.25) is 0 Å². The summed E-state index contributed by atoms with van der Waals surface area (Å²) in [6, 6.07) is 0. The largest absolute Gasteiger partial charge is 0.457 e. The van der Waals surface area contributed by atoms with Crippen molar-refractivity contribution in [2.45, 2.75) is 51.4 Å². The third-order valence-electron chi connectivity index (χ3n) is 4.23. The fraction of sp³-hybridized carbons (Fsp3) is 0.667. The summed E-state index contributed by atoms with van der Waals surface area (Å²) in [4.78, 5) is 11.7. The summed E-state index contributed by atoms with van der Waals surface area (Å²) in [5, 5.41) is 20.3. The number of carbonyl (C=O) groups is 1. The number of rotatable bonds is 0. The van der Waals surface area contributed by atoms with E-state index in [9.17, 15) is 15.0 Å². The first kappa shape index (κ1) is 14.3. The third kappa shape index (κ3) is 2.90. The topological polar surface area (TPSA) is 66.8 Å². The van der Waals surface area contributed by atoms with Gasteiger partial charge in [-0.05, 0) is 37.8 Å². The van der Waals surface area contributed by atoms with Gasteiger partial charge in [0, 0.05) is 5.92 Å². The molecule has 4 heteroatoms. The van der Waals surface area contributed by atoms with Gasteiger partial charge in [0.05, 0.1) is 18.1 Å². The number of allylic oxidation sites excluding steroid dienone is 1. The van der Waals surface area contributed by atoms with E-state index >= 15 is 0 Å². The van der Waals surface area contributed by atoms with Crippen LogP contribution < -0.4 is 0 Å². The molecule has 0 amide bonds. The highest BCUT2D eigenvalue weighted by Gasteiger charge is 2.45. The molecule has 0 radical (unpaired) electrons. The predicted molar refractivity (Wildman–Crippen MR) is 71.3 cm³/mol. The zero-order valence-corrected chi connectivity index (χ0v) is 11.5. The molecule has 0 bridgehead atoms. The van der Waals surface area contributed by atoms with Crippen LogP contribution in [0.1, 0.15) is 33.1 Å². The van der Waals surface area contributed by atoms with E-state index < -0.39 is 12.2 Å². The van der Waals surface area contributed by atoms with Crippen molar-refractivity contribution < 1.29 is 19.7 Å². The lowest BCUT2D eigenvalue weighted by Crippen LogP contribution is -2.33. The van der Waals surface area contributed by atoms with Crippen molar-refractivity contribution >= 4 is 5.97 Å². The molecule has 2 N–H and O–H groups in total. The second-order valence-corrected chi connectivity index (χ2v) is 5.76. The number of hydrogen-bond donors (Lipinski definition) is 2. The van der Waals surface area contributed by atoms with Crippen LogP contribution in [0.4, 0.5) is 0 Å². The number of aliphatic hydroxyl groups excluding tert-OH is 2. The van der Waals surface area contributed by atoms with Gasteiger partial charge >= 0.3 is 5.97 Å². The molecule has 5 unspecified atom stereocenters. The standard InChI is InChI=1S/C15H22O4/c1-8-4-5-11(16)9(2)7-12(17)14-10(3)15(18)19-13(14)6-8/h6,10-14,16-17H,2,4-5,7H2,1,3H3. The molecule has 2 rings (SSSR count). The molecule has 106 valence electrons. The third-order valence-corrected chi connectivity index (χ3v) is 4.23. The fourth-order valence-corrected chi connectivity index (χ4v) is 2.93. The monoisotopic (exact) mass is 266 g/mol. The molecule has 1 saturated heterocycles. The number of carbonyl (C=O) groups excluding carboxylic acids is 1. The van der Waals surface area contributed by atoms with Crippen molar-refractivity contribution in [2.75, 3.05) is 0 Å². The Morgan fingerprint density at radius 2 is 2.11 bits per heavy atom. The molecule has 1 aliphatic carbocycles. The fourth-order valence-electron chi connectivity index (χ4n) is 2.93. The number of fused-ring (bicyclic) bond motifs is 1. The summed E-state index contributed by atoms with van der Waals surface area (Å²) in [6.07, 6.45) is 1.89. The molecule has 0 saturated carbocycles. The van der Waals surface area contributed by atoms with E-state index in [1.165, 1.54) is 0 Å². The minimum atomic E-state index is -0.712. The van der Waals surface area contributed by atoms with E-state index in [1.54, 1.807) is 6.92 Å². The van der Waals surface area contributed by atoms with Crippen LogP contribution in [0.15, 0.2) is 23.8 Å². The van der Waals surface area contributed by atoms with Gasteiger partial charge in [-0.1, -0.05) is 19.1 Å². The quantitative estimate of drug-likeness (QED) is 0.516. The van der Waals surface area contributed by atoms with Crippen molar-refractivity contribution in [1.82, 2.24) is 0 Å². The first-order valence-electron chi connectivity index (χ1n) is 6.81. The normalized spacial score (nSPS) is 40.4. The number of aliphatic hydroxyl groups is 2. The van der Waals surface area contributed by atoms with E-state index in [0.29, 0.717) is 18.4 Å². The van der Waals surface area contributed by atoms with E-state index in [2.05, 4.69) is 6.58 Å². The van der Waals surface area contributed by atoms with Crippen molar-refractivity contribution in [1.29, 1.82) is 0 Å². The Morgan fingerprint density at radius 3 is 2.79 bits per heavy atom. The number of esters is 1. The molecule has 5 atom stereocenters. The maximum Gasteiger partial charge on any atom is 0.309 e. The molecular formula is C15H22O4. The molecule has 0 spiro atoms. The Kier molecular flexibility index (Phi) is 4.11. The smallest absolute Gasteiger partial charge is 0.309 e. The zero-order valence-electron chi connectivity index (χ0n) is 11.5. The van der Waals surface area contributed by atoms with Crippen LogP contribution in [0.3, 0.4) is 0 Å². The van der Waals surface area contributed by atoms with Gasteiger partial charge < -0.3 is 14.9 Å². The van der Waals surface area contributed by atoms with E-state index in [0.717, 1.165) is 12.0 Å². The van der Waals surface area contributed by atoms with Crippen LogP contribution >= 0.6 is 0 Å². The van der Waals surface area contributed by atoms with Crippen LogP contribution in [-0.2, 0) is 9.53 Å². The Bertz CT molecular complexity index is 412. The Balaban J connectivity index is 2.30. The van der Waals surface area contributed by atoms with Crippen LogP contribution in [0, 0.1) is 11.8 Å². The molecule has 0 aromatic rings. The van der Waals surface area contributed by atoms with Gasteiger partial charge in [-0.25, -0.2) is 0 Å². The van der Waals surface area contributed by atoms with E-state index in [4.69, 9.17) is 4.74 Å². The summed E-state index contributed by atoms with van der Waals surface area (Å²) in [5.74, 6) is -0.846. The van der Waals surface area contributed by atoms with Crippen LogP contribution in [-0.4, -0.2) is 34.5 Å². The van der Waals surface area contributed by atoms with Crippen molar-refractivity contribution in [3.63, 3.8) is 0 Å². The van der Waals surface area contributed by atoms with Gasteiger partial charge in [-0.2, -0.15) is 0 Å². The summed E-state index contributed by atoms with van der Waals surface area (Å²) in [5.41, 5.74) is 1.70. The summed E-state index contributed by atoms with van der Waals surface area (Å²) in [7, 11) is 0. The highest BCUT2D eigenvalue weighted by molar-refractivity contribution is 5.75. The highest BCUT2D eigenvalue weighted by atomic mass is 16.6. The molecular weight excluding hydrogens is 244 g/mol. The molecule has 4 nitrogen and oxygen atoms in total. The van der Waals surface area contributed by atoms with E-state index in [-0.39, 0.29) is 23.9 Å². The second-order valence-electron chi connectivity index (χ2n) is 5.76. The lowest BCUT2D eigenvalue weighted by Gasteiger charge is -2.27. The maximum atomic E-state index is 11.7. The van der Waals surface area contributed by atoms with Gasteiger partial charge in [0.15, 0.2) is 0 Å². The Morgan fingerprint density at radius 1 is 1.42 bits per heavy atom. The Hall–Kier alpha value is -1.13. The molecule has 0 aromatic carbocycles. The molecule has 19 heavy (non-hydrogen) atoms. The molecule has 1 aliphatic heterocycles. The highest BCUT2D eigenvalue weighted by Crippen LogP contribution is 2.36. The molecule has 1 fully saturated rings. The first-order chi connectivity index (χ1) is 8.90.